The van der Waals surface area contributed by atoms with E-state index < -0.39 is 0 Å². The van der Waals surface area contributed by atoms with Crippen molar-refractivity contribution in [1.82, 2.24) is 20.4 Å². The standard InChI is InChI=1S/C18H23N5O2/c1-22-10-9-19-11-15(22)16-20-17(25-21-16)13-5-3-4-6-14(13)23(2)18(24)12-7-8-12/h3-6,12,15,19H,7-11H2,1-2H3. The zero-order valence-electron chi connectivity index (χ0n) is 14.6. The quantitative estimate of drug-likeness (QED) is 0.912. The summed E-state index contributed by atoms with van der Waals surface area (Å²) in [5.41, 5.74) is 1.61. The molecule has 2 aliphatic rings. The van der Waals surface area contributed by atoms with Crippen LogP contribution >= 0.6 is 0 Å². The van der Waals surface area contributed by atoms with Crippen LogP contribution in [0, 0.1) is 5.92 Å². The molecule has 1 aromatic carbocycles. The Morgan fingerprint density at radius 1 is 1.36 bits per heavy atom. The zero-order chi connectivity index (χ0) is 17.4. The minimum atomic E-state index is 0.101. The van der Waals surface area contributed by atoms with Gasteiger partial charge in [-0.15, -0.1) is 0 Å². The number of benzene rings is 1. The van der Waals surface area contributed by atoms with Gasteiger partial charge in [-0.2, -0.15) is 4.98 Å². The topological polar surface area (TPSA) is 74.5 Å². The largest absolute Gasteiger partial charge is 0.334 e. The zero-order valence-corrected chi connectivity index (χ0v) is 14.6. The van der Waals surface area contributed by atoms with Gasteiger partial charge >= 0.3 is 0 Å². The summed E-state index contributed by atoms with van der Waals surface area (Å²) >= 11 is 0. The second-order valence-electron chi connectivity index (χ2n) is 6.85. The SMILES string of the molecule is CN(C(=O)C1CC1)c1ccccc1-c1nc(C2CNCCN2C)no1. The third kappa shape index (κ3) is 3.17. The molecule has 4 rings (SSSR count). The van der Waals surface area contributed by atoms with E-state index >= 15 is 0 Å². The molecule has 0 bridgehead atoms. The Labute approximate surface area is 147 Å². The van der Waals surface area contributed by atoms with Gasteiger partial charge in [0.05, 0.1) is 17.3 Å². The van der Waals surface area contributed by atoms with E-state index in [-0.39, 0.29) is 17.9 Å². The lowest BCUT2D eigenvalue weighted by atomic mass is 10.1. The van der Waals surface area contributed by atoms with Crippen LogP contribution in [0.4, 0.5) is 5.69 Å². The van der Waals surface area contributed by atoms with Crippen LogP contribution in [0.2, 0.25) is 0 Å². The number of hydrogen-bond acceptors (Lipinski definition) is 6. The van der Waals surface area contributed by atoms with E-state index in [0.717, 1.165) is 43.7 Å². The van der Waals surface area contributed by atoms with Gasteiger partial charge in [0.25, 0.3) is 5.89 Å². The van der Waals surface area contributed by atoms with Gasteiger partial charge in [0, 0.05) is 32.6 Å². The number of hydrogen-bond donors (Lipinski definition) is 1. The van der Waals surface area contributed by atoms with Crippen LogP contribution in [-0.4, -0.2) is 54.7 Å². The number of carbonyl (C=O) groups is 1. The number of amides is 1. The van der Waals surface area contributed by atoms with Crippen LogP contribution in [0.25, 0.3) is 11.5 Å². The second kappa shape index (κ2) is 6.57. The molecule has 1 aliphatic carbocycles. The predicted molar refractivity (Wildman–Crippen MR) is 94.1 cm³/mol. The van der Waals surface area contributed by atoms with E-state index in [1.54, 1.807) is 4.90 Å². The van der Waals surface area contributed by atoms with Gasteiger partial charge in [-0.25, -0.2) is 0 Å². The fraction of sp³-hybridized carbons (Fsp3) is 0.500. The summed E-state index contributed by atoms with van der Waals surface area (Å²) in [4.78, 5) is 21.0. The molecule has 2 aromatic rings. The summed E-state index contributed by atoms with van der Waals surface area (Å²) in [6.07, 6.45) is 1.97. The smallest absolute Gasteiger partial charge is 0.260 e. The van der Waals surface area contributed by atoms with Gasteiger partial charge in [-0.05, 0) is 32.0 Å². The molecule has 1 saturated heterocycles. The fourth-order valence-corrected chi connectivity index (χ4v) is 3.24. The first-order chi connectivity index (χ1) is 12.1. The molecular formula is C18H23N5O2. The van der Waals surface area contributed by atoms with Crippen molar-refractivity contribution in [1.29, 1.82) is 0 Å². The van der Waals surface area contributed by atoms with Crippen LogP contribution in [0.1, 0.15) is 24.7 Å². The summed E-state index contributed by atoms with van der Waals surface area (Å²) in [7, 11) is 3.88. The van der Waals surface area contributed by atoms with Crippen molar-refractivity contribution in [3.63, 3.8) is 0 Å². The minimum absolute atomic E-state index is 0.101. The molecule has 7 heteroatoms. The fourth-order valence-electron chi connectivity index (χ4n) is 3.24. The molecule has 1 unspecified atom stereocenters. The molecule has 1 aromatic heterocycles. The van der Waals surface area contributed by atoms with E-state index in [2.05, 4.69) is 27.4 Å². The first-order valence-corrected chi connectivity index (χ1v) is 8.76. The molecule has 2 fully saturated rings. The third-order valence-electron chi connectivity index (χ3n) is 5.00. The average Bonchev–Trinajstić information content (AvgIpc) is 3.38. The summed E-state index contributed by atoms with van der Waals surface area (Å²) in [6, 6.07) is 7.79. The summed E-state index contributed by atoms with van der Waals surface area (Å²) in [6.45, 7) is 2.72. The normalized spacial score (nSPS) is 21.3. The maximum Gasteiger partial charge on any atom is 0.260 e. The molecule has 1 saturated carbocycles. The summed E-state index contributed by atoms with van der Waals surface area (Å²) < 4.78 is 5.55. The Kier molecular flexibility index (Phi) is 4.27. The Morgan fingerprint density at radius 2 is 2.16 bits per heavy atom. The number of piperazine rings is 1. The van der Waals surface area contributed by atoms with Gasteiger partial charge < -0.3 is 14.7 Å². The minimum Gasteiger partial charge on any atom is -0.334 e. The molecule has 1 aliphatic heterocycles. The first kappa shape index (κ1) is 16.2. The molecular weight excluding hydrogens is 318 g/mol. The number of aromatic nitrogens is 2. The molecule has 132 valence electrons. The number of carbonyl (C=O) groups excluding carboxylic acids is 1. The highest BCUT2D eigenvalue weighted by Gasteiger charge is 2.33. The predicted octanol–water partition coefficient (Wildman–Crippen LogP) is 1.69. The van der Waals surface area contributed by atoms with E-state index in [0.29, 0.717) is 11.7 Å². The van der Waals surface area contributed by atoms with Crippen LogP contribution in [-0.2, 0) is 4.79 Å². The van der Waals surface area contributed by atoms with Crippen molar-refractivity contribution in [2.45, 2.75) is 18.9 Å². The number of rotatable bonds is 4. The molecule has 0 spiro atoms. The Bertz CT molecular complexity index is 770. The van der Waals surface area contributed by atoms with Crippen molar-refractivity contribution < 1.29 is 9.32 Å². The van der Waals surface area contributed by atoms with Crippen molar-refractivity contribution in [3.05, 3.63) is 30.1 Å². The average molecular weight is 341 g/mol. The van der Waals surface area contributed by atoms with Gasteiger partial charge in [-0.3, -0.25) is 9.69 Å². The highest BCUT2D eigenvalue weighted by molar-refractivity contribution is 5.98. The van der Waals surface area contributed by atoms with E-state index in [4.69, 9.17) is 4.52 Å². The molecule has 1 amide bonds. The van der Waals surface area contributed by atoms with Crippen molar-refractivity contribution in [2.75, 3.05) is 38.6 Å². The highest BCUT2D eigenvalue weighted by atomic mass is 16.5. The van der Waals surface area contributed by atoms with Crippen LogP contribution in [0.5, 0.6) is 0 Å². The number of nitrogens with one attached hydrogen (secondary N) is 1. The van der Waals surface area contributed by atoms with Crippen LogP contribution in [0.15, 0.2) is 28.8 Å². The number of likely N-dealkylation sites (N-methyl/N-ethyl adjacent to an activating group) is 1. The number of anilines is 1. The third-order valence-corrected chi connectivity index (χ3v) is 5.00. The van der Waals surface area contributed by atoms with Crippen molar-refractivity contribution >= 4 is 11.6 Å². The van der Waals surface area contributed by atoms with Crippen molar-refractivity contribution in [3.8, 4) is 11.5 Å². The molecule has 25 heavy (non-hydrogen) atoms. The maximum absolute atomic E-state index is 12.4. The Balaban J connectivity index is 1.63. The molecule has 1 atom stereocenters. The lowest BCUT2D eigenvalue weighted by molar-refractivity contribution is -0.119. The van der Waals surface area contributed by atoms with E-state index in [1.165, 1.54) is 0 Å². The lowest BCUT2D eigenvalue weighted by Crippen LogP contribution is -2.44. The first-order valence-electron chi connectivity index (χ1n) is 8.76. The number of nitrogens with zero attached hydrogens (tertiary/aromatic N) is 4. The molecule has 7 nitrogen and oxygen atoms in total. The van der Waals surface area contributed by atoms with Crippen LogP contribution < -0.4 is 10.2 Å². The van der Waals surface area contributed by atoms with Gasteiger partial charge in [0.15, 0.2) is 5.82 Å². The monoisotopic (exact) mass is 341 g/mol. The highest BCUT2D eigenvalue weighted by Crippen LogP contribution is 2.35. The van der Waals surface area contributed by atoms with E-state index in [9.17, 15) is 4.79 Å². The Hall–Kier alpha value is -2.25. The van der Waals surface area contributed by atoms with Gasteiger partial charge in [0.1, 0.15) is 0 Å². The summed E-state index contributed by atoms with van der Waals surface area (Å²) in [5, 5.41) is 7.55. The second-order valence-corrected chi connectivity index (χ2v) is 6.85. The molecule has 1 N–H and O–H groups in total. The molecule has 2 heterocycles. The lowest BCUT2D eigenvalue weighted by Gasteiger charge is -2.30. The van der Waals surface area contributed by atoms with Gasteiger partial charge in [0.2, 0.25) is 5.91 Å². The maximum atomic E-state index is 12.4. The van der Waals surface area contributed by atoms with Crippen LogP contribution in [0.3, 0.4) is 0 Å². The van der Waals surface area contributed by atoms with Crippen molar-refractivity contribution in [2.24, 2.45) is 5.92 Å². The molecule has 0 radical (unpaired) electrons. The Morgan fingerprint density at radius 3 is 2.92 bits per heavy atom. The van der Waals surface area contributed by atoms with Gasteiger partial charge in [-0.1, -0.05) is 17.3 Å². The van der Waals surface area contributed by atoms with E-state index in [1.807, 2.05) is 31.3 Å². The summed E-state index contributed by atoms with van der Waals surface area (Å²) in [5.74, 6) is 1.46. The number of para-hydroxylation sites is 1.